The lowest BCUT2D eigenvalue weighted by Crippen LogP contribution is -2.44. The van der Waals surface area contributed by atoms with Crippen LogP contribution >= 0.6 is 0 Å². The molecule has 0 spiro atoms. The van der Waals surface area contributed by atoms with Gasteiger partial charge in [0.25, 0.3) is 0 Å². The van der Waals surface area contributed by atoms with Gasteiger partial charge >= 0.3 is 0 Å². The van der Waals surface area contributed by atoms with Crippen LogP contribution in [0.4, 0.5) is 4.39 Å². The van der Waals surface area contributed by atoms with Crippen LogP contribution in [0.2, 0.25) is 0 Å². The molecule has 1 N–H and O–H groups in total. The Hall–Kier alpha value is -1.42. The highest BCUT2D eigenvalue weighted by atomic mass is 19.1. The number of benzene rings is 1. The van der Waals surface area contributed by atoms with Crippen LogP contribution in [-0.2, 0) is 4.79 Å². The maximum absolute atomic E-state index is 13.0. The monoisotopic (exact) mass is 278 g/mol. The van der Waals surface area contributed by atoms with Crippen molar-refractivity contribution in [1.29, 1.82) is 0 Å². The van der Waals surface area contributed by atoms with Crippen molar-refractivity contribution in [2.45, 2.75) is 33.2 Å². The molecule has 20 heavy (non-hydrogen) atoms. The number of carbonyl (C=O) groups is 1. The van der Waals surface area contributed by atoms with Crippen molar-refractivity contribution in [1.82, 2.24) is 10.2 Å². The van der Waals surface area contributed by atoms with E-state index >= 15 is 0 Å². The van der Waals surface area contributed by atoms with Crippen LogP contribution < -0.4 is 5.32 Å². The van der Waals surface area contributed by atoms with Gasteiger partial charge in [-0.15, -0.1) is 0 Å². The molecule has 1 amide bonds. The normalized spacial score (nSPS) is 23.6. The zero-order valence-corrected chi connectivity index (χ0v) is 12.4. The third-order valence-electron chi connectivity index (χ3n) is 4.31. The first-order valence-corrected chi connectivity index (χ1v) is 7.25. The summed E-state index contributed by atoms with van der Waals surface area (Å²) >= 11 is 0. The summed E-state index contributed by atoms with van der Waals surface area (Å²) in [6, 6.07) is 6.37. The number of hydrogen-bond donors (Lipinski definition) is 1. The Labute approximate surface area is 120 Å². The van der Waals surface area contributed by atoms with E-state index in [-0.39, 0.29) is 23.2 Å². The minimum atomic E-state index is -0.315. The van der Waals surface area contributed by atoms with E-state index in [1.165, 1.54) is 12.1 Å². The van der Waals surface area contributed by atoms with Gasteiger partial charge in [0, 0.05) is 13.1 Å². The predicted molar refractivity (Wildman–Crippen MR) is 77.8 cm³/mol. The fraction of sp³-hybridized carbons (Fsp3) is 0.562. The molecule has 2 rings (SSSR count). The van der Waals surface area contributed by atoms with Crippen molar-refractivity contribution in [3.63, 3.8) is 0 Å². The molecule has 1 aromatic carbocycles. The van der Waals surface area contributed by atoms with Gasteiger partial charge in [-0.2, -0.15) is 0 Å². The van der Waals surface area contributed by atoms with E-state index in [1.54, 1.807) is 12.1 Å². The van der Waals surface area contributed by atoms with Gasteiger partial charge in [0.05, 0.1) is 11.5 Å². The number of hydrogen-bond acceptors (Lipinski definition) is 2. The molecule has 110 valence electrons. The molecule has 1 saturated heterocycles. The smallest absolute Gasteiger partial charge is 0.230 e. The Morgan fingerprint density at radius 3 is 2.60 bits per heavy atom. The van der Waals surface area contributed by atoms with Crippen molar-refractivity contribution in [2.24, 2.45) is 5.41 Å². The summed E-state index contributed by atoms with van der Waals surface area (Å²) in [7, 11) is 0. The second-order valence-corrected chi connectivity index (χ2v) is 5.81. The SMILES string of the molecule is CCN(C(=O)C1(C)CCNC1)C(C)c1ccc(F)cc1. The van der Waals surface area contributed by atoms with Crippen LogP contribution in [-0.4, -0.2) is 30.4 Å². The van der Waals surface area contributed by atoms with Crippen molar-refractivity contribution in [3.05, 3.63) is 35.6 Å². The molecule has 3 nitrogen and oxygen atoms in total. The Balaban J connectivity index is 2.18. The first-order chi connectivity index (χ1) is 9.48. The third kappa shape index (κ3) is 2.85. The van der Waals surface area contributed by atoms with Crippen LogP contribution in [0.5, 0.6) is 0 Å². The molecule has 0 aliphatic carbocycles. The lowest BCUT2D eigenvalue weighted by molar-refractivity contribution is -0.142. The quantitative estimate of drug-likeness (QED) is 0.918. The van der Waals surface area contributed by atoms with Crippen molar-refractivity contribution in [2.75, 3.05) is 19.6 Å². The molecular weight excluding hydrogens is 255 g/mol. The molecule has 2 atom stereocenters. The lowest BCUT2D eigenvalue weighted by Gasteiger charge is -2.35. The minimum Gasteiger partial charge on any atom is -0.336 e. The summed E-state index contributed by atoms with van der Waals surface area (Å²) in [4.78, 5) is 14.7. The maximum atomic E-state index is 13.0. The van der Waals surface area contributed by atoms with Gasteiger partial charge < -0.3 is 10.2 Å². The van der Waals surface area contributed by atoms with Crippen LogP contribution in [0.3, 0.4) is 0 Å². The van der Waals surface area contributed by atoms with Gasteiger partial charge in [0.2, 0.25) is 5.91 Å². The molecule has 0 saturated carbocycles. The van der Waals surface area contributed by atoms with Crippen molar-refractivity contribution in [3.8, 4) is 0 Å². The number of rotatable bonds is 4. The van der Waals surface area contributed by atoms with E-state index < -0.39 is 0 Å². The Kier molecular flexibility index (Phi) is 4.43. The maximum Gasteiger partial charge on any atom is 0.230 e. The average Bonchev–Trinajstić information content (AvgIpc) is 2.88. The molecule has 1 aliphatic heterocycles. The number of nitrogens with one attached hydrogen (secondary N) is 1. The number of carbonyl (C=O) groups excluding carboxylic acids is 1. The standard InChI is InChI=1S/C16H23FN2O/c1-4-19(15(20)16(3)9-10-18-11-16)12(2)13-5-7-14(17)8-6-13/h5-8,12,18H,4,9-11H2,1-3H3. The predicted octanol–water partition coefficient (Wildman–Crippen LogP) is 2.73. The highest BCUT2D eigenvalue weighted by Gasteiger charge is 2.40. The first-order valence-electron chi connectivity index (χ1n) is 7.25. The third-order valence-corrected chi connectivity index (χ3v) is 4.31. The fourth-order valence-electron chi connectivity index (χ4n) is 2.86. The van der Waals surface area contributed by atoms with Crippen LogP contribution in [0.1, 0.15) is 38.8 Å². The number of halogens is 1. The zero-order chi connectivity index (χ0) is 14.8. The van der Waals surface area contributed by atoms with E-state index in [9.17, 15) is 9.18 Å². The summed E-state index contributed by atoms with van der Waals surface area (Å²) in [5.74, 6) is -0.0656. The van der Waals surface area contributed by atoms with Gasteiger partial charge in [-0.3, -0.25) is 4.79 Å². The summed E-state index contributed by atoms with van der Waals surface area (Å²) in [5.41, 5.74) is 0.653. The summed E-state index contributed by atoms with van der Waals surface area (Å²) in [6.45, 7) is 8.30. The second kappa shape index (κ2) is 5.92. The summed E-state index contributed by atoms with van der Waals surface area (Å²) in [5, 5.41) is 3.26. The number of amides is 1. The molecule has 1 fully saturated rings. The van der Waals surface area contributed by atoms with Crippen molar-refractivity contribution >= 4 is 5.91 Å². The Morgan fingerprint density at radius 2 is 2.10 bits per heavy atom. The Bertz CT molecular complexity index is 466. The lowest BCUT2D eigenvalue weighted by atomic mass is 9.87. The van der Waals surface area contributed by atoms with E-state index in [0.717, 1.165) is 25.1 Å². The van der Waals surface area contributed by atoms with Gasteiger partial charge in [-0.05, 0) is 51.4 Å². The van der Waals surface area contributed by atoms with Crippen LogP contribution in [0.25, 0.3) is 0 Å². The van der Waals surface area contributed by atoms with Crippen LogP contribution in [0, 0.1) is 11.2 Å². The second-order valence-electron chi connectivity index (χ2n) is 5.81. The molecular formula is C16H23FN2O. The molecule has 4 heteroatoms. The molecule has 0 aromatic heterocycles. The van der Waals surface area contributed by atoms with E-state index in [0.29, 0.717) is 6.54 Å². The molecule has 1 aromatic rings. The molecule has 1 heterocycles. The minimum absolute atomic E-state index is 0.0366. The molecule has 1 aliphatic rings. The van der Waals surface area contributed by atoms with Gasteiger partial charge in [0.15, 0.2) is 0 Å². The molecule has 0 bridgehead atoms. The van der Waals surface area contributed by atoms with Crippen molar-refractivity contribution < 1.29 is 9.18 Å². The van der Waals surface area contributed by atoms with E-state index in [2.05, 4.69) is 5.32 Å². The van der Waals surface area contributed by atoms with E-state index in [4.69, 9.17) is 0 Å². The first kappa shape index (κ1) is 15.0. The fourth-order valence-corrected chi connectivity index (χ4v) is 2.86. The summed E-state index contributed by atoms with van der Waals surface area (Å²) < 4.78 is 13.0. The van der Waals surface area contributed by atoms with Gasteiger partial charge in [-0.1, -0.05) is 12.1 Å². The largest absolute Gasteiger partial charge is 0.336 e. The molecule has 2 unspecified atom stereocenters. The Morgan fingerprint density at radius 1 is 1.45 bits per heavy atom. The average molecular weight is 278 g/mol. The topological polar surface area (TPSA) is 32.3 Å². The van der Waals surface area contributed by atoms with E-state index in [1.807, 2.05) is 25.7 Å². The summed E-state index contributed by atoms with van der Waals surface area (Å²) in [6.07, 6.45) is 0.873. The van der Waals surface area contributed by atoms with Gasteiger partial charge in [-0.25, -0.2) is 4.39 Å². The highest BCUT2D eigenvalue weighted by molar-refractivity contribution is 5.83. The molecule has 0 radical (unpaired) electrons. The van der Waals surface area contributed by atoms with Gasteiger partial charge in [0.1, 0.15) is 5.82 Å². The van der Waals surface area contributed by atoms with Crippen LogP contribution in [0.15, 0.2) is 24.3 Å². The zero-order valence-electron chi connectivity index (χ0n) is 12.4. The number of nitrogens with zero attached hydrogens (tertiary/aromatic N) is 1. The highest BCUT2D eigenvalue weighted by Crippen LogP contribution is 2.31.